The zero-order valence-electron chi connectivity index (χ0n) is 13.9. The molecule has 0 atom stereocenters. The minimum atomic E-state index is -0.602. The molecule has 0 aliphatic rings. The van der Waals surface area contributed by atoms with Gasteiger partial charge in [0.2, 0.25) is 0 Å². The monoisotopic (exact) mass is 428 g/mol. The highest BCUT2D eigenvalue weighted by molar-refractivity contribution is 8.03. The van der Waals surface area contributed by atoms with Crippen molar-refractivity contribution in [3.8, 4) is 0 Å². The molecule has 0 heterocycles. The van der Waals surface area contributed by atoms with E-state index in [0.29, 0.717) is 0 Å². The van der Waals surface area contributed by atoms with E-state index in [4.69, 9.17) is 34.8 Å². The molecule has 0 amide bonds. The number of rotatable bonds is 6. The Morgan fingerprint density at radius 1 is 1.08 bits per heavy atom. The van der Waals surface area contributed by atoms with Crippen LogP contribution in [0.5, 0.6) is 0 Å². The van der Waals surface area contributed by atoms with E-state index >= 15 is 0 Å². The predicted octanol–water partition coefficient (Wildman–Crippen LogP) is 6.84. The summed E-state index contributed by atoms with van der Waals surface area (Å²) in [5.41, 5.74) is 2.37. The molecule has 0 fully saturated rings. The third kappa shape index (κ3) is 5.42. The summed E-state index contributed by atoms with van der Waals surface area (Å²) in [5, 5.41) is 14.7. The second-order valence-electron chi connectivity index (χ2n) is 5.37. The Balaban J connectivity index is 2.58. The fraction of sp³-hybridized carbons (Fsp3) is 0.111. The highest BCUT2D eigenvalue weighted by Gasteiger charge is 2.26. The van der Waals surface area contributed by atoms with Gasteiger partial charge in [-0.3, -0.25) is 10.1 Å². The Hall–Kier alpha value is -1.66. The summed E-state index contributed by atoms with van der Waals surface area (Å²) in [6, 6.07) is 15.0. The highest BCUT2D eigenvalue weighted by Crippen LogP contribution is 2.36. The molecule has 2 aromatic rings. The average Bonchev–Trinajstić information content (AvgIpc) is 2.57. The Morgan fingerprint density at radius 3 is 2.27 bits per heavy atom. The zero-order valence-corrected chi connectivity index (χ0v) is 17.0. The van der Waals surface area contributed by atoms with E-state index in [-0.39, 0.29) is 20.2 Å². The first kappa shape index (κ1) is 20.6. The summed E-state index contributed by atoms with van der Waals surface area (Å²) in [6.45, 7) is 3.89. The lowest BCUT2D eigenvalue weighted by Gasteiger charge is -2.14. The summed E-state index contributed by atoms with van der Waals surface area (Å²) in [4.78, 5) is 11.9. The Labute approximate surface area is 171 Å². The number of nitrogens with zero attached hydrogens (tertiary/aromatic N) is 1. The average molecular weight is 430 g/mol. The van der Waals surface area contributed by atoms with E-state index in [0.717, 1.165) is 21.7 Å². The quantitative estimate of drug-likeness (QED) is 0.236. The number of thioether (sulfide) groups is 1. The lowest BCUT2D eigenvalue weighted by atomic mass is 10.1. The number of nitro groups is 1. The number of aryl methyl sites for hydroxylation is 2. The molecule has 8 heteroatoms. The summed E-state index contributed by atoms with van der Waals surface area (Å²) >= 11 is 18.6. The van der Waals surface area contributed by atoms with Crippen LogP contribution in [0.25, 0.3) is 0 Å². The molecule has 0 bridgehead atoms. The Morgan fingerprint density at radius 2 is 1.73 bits per heavy atom. The molecule has 26 heavy (non-hydrogen) atoms. The van der Waals surface area contributed by atoms with Gasteiger partial charge in [-0.1, -0.05) is 82.5 Å². The Bertz CT molecular complexity index is 879. The van der Waals surface area contributed by atoms with Crippen LogP contribution in [0.1, 0.15) is 11.1 Å². The maximum atomic E-state index is 11.7. The van der Waals surface area contributed by atoms with Gasteiger partial charge in [0.05, 0.1) is 4.92 Å². The molecular weight excluding hydrogens is 415 g/mol. The van der Waals surface area contributed by atoms with Crippen molar-refractivity contribution >= 4 is 52.3 Å². The molecule has 2 rings (SSSR count). The van der Waals surface area contributed by atoms with Crippen LogP contribution in [-0.2, 0) is 0 Å². The Kier molecular flexibility index (Phi) is 7.41. The largest absolute Gasteiger partial charge is 0.344 e. The van der Waals surface area contributed by atoms with Crippen molar-refractivity contribution in [2.45, 2.75) is 18.7 Å². The van der Waals surface area contributed by atoms with Crippen molar-refractivity contribution in [2.24, 2.45) is 0 Å². The normalized spacial score (nSPS) is 11.6. The van der Waals surface area contributed by atoms with E-state index < -0.39 is 4.92 Å². The van der Waals surface area contributed by atoms with Crippen LogP contribution in [0.3, 0.4) is 0 Å². The molecule has 0 aromatic heterocycles. The number of nitrogens with one attached hydrogen (secondary N) is 1. The smallest absolute Gasteiger partial charge is 0.320 e. The molecule has 1 N–H and O–H groups in total. The summed E-state index contributed by atoms with van der Waals surface area (Å²) in [6.07, 6.45) is 0. The van der Waals surface area contributed by atoms with Crippen LogP contribution in [0.2, 0.25) is 0 Å². The maximum absolute atomic E-state index is 11.7. The van der Waals surface area contributed by atoms with Crippen molar-refractivity contribution in [3.63, 3.8) is 0 Å². The summed E-state index contributed by atoms with van der Waals surface area (Å²) in [5.74, 6) is 0. The van der Waals surface area contributed by atoms with Crippen LogP contribution >= 0.6 is 46.6 Å². The summed E-state index contributed by atoms with van der Waals surface area (Å²) < 4.78 is -0.369. The summed E-state index contributed by atoms with van der Waals surface area (Å²) in [7, 11) is 0. The predicted molar refractivity (Wildman–Crippen MR) is 110 cm³/mol. The first-order valence-electron chi connectivity index (χ1n) is 7.46. The molecule has 4 nitrogen and oxygen atoms in total. The minimum Gasteiger partial charge on any atom is -0.344 e. The second kappa shape index (κ2) is 9.33. The highest BCUT2D eigenvalue weighted by atomic mass is 35.5. The van der Waals surface area contributed by atoms with Gasteiger partial charge in [-0.2, -0.15) is 0 Å². The molecule has 136 valence electrons. The van der Waals surface area contributed by atoms with Crippen LogP contribution < -0.4 is 5.32 Å². The standard InChI is InChI=1S/C18H15Cl3N2O2S/c1-11-8-9-14(12(2)10-11)22-18(26-13-6-4-3-5-7-13)16(23(24)25)15(19)17(20)21/h3-10,22H,1-2H3/b18-16-. The van der Waals surface area contributed by atoms with Gasteiger partial charge in [0.25, 0.3) is 0 Å². The molecule has 0 unspecified atom stereocenters. The van der Waals surface area contributed by atoms with Crippen molar-refractivity contribution in [2.75, 3.05) is 5.32 Å². The lowest BCUT2D eigenvalue weighted by molar-refractivity contribution is -0.420. The van der Waals surface area contributed by atoms with E-state index in [2.05, 4.69) is 5.32 Å². The van der Waals surface area contributed by atoms with E-state index in [1.165, 1.54) is 11.8 Å². The van der Waals surface area contributed by atoms with E-state index in [1.807, 2.05) is 62.4 Å². The number of halogens is 3. The number of hydrogen-bond donors (Lipinski definition) is 1. The van der Waals surface area contributed by atoms with Gasteiger partial charge >= 0.3 is 5.70 Å². The van der Waals surface area contributed by atoms with Gasteiger partial charge in [0, 0.05) is 10.6 Å². The van der Waals surface area contributed by atoms with Crippen LogP contribution in [0.4, 0.5) is 5.69 Å². The maximum Gasteiger partial charge on any atom is 0.320 e. The number of hydrogen-bond acceptors (Lipinski definition) is 4. The first-order chi connectivity index (χ1) is 12.3. The molecule has 2 aromatic carbocycles. The van der Waals surface area contributed by atoms with Gasteiger partial charge in [0.1, 0.15) is 4.49 Å². The van der Waals surface area contributed by atoms with Crippen molar-refractivity contribution in [1.82, 2.24) is 0 Å². The first-order valence-corrected chi connectivity index (χ1v) is 9.41. The van der Waals surface area contributed by atoms with Gasteiger partial charge < -0.3 is 5.32 Å². The lowest BCUT2D eigenvalue weighted by Crippen LogP contribution is -2.09. The molecule has 0 aliphatic carbocycles. The third-order valence-corrected chi connectivity index (χ3v) is 5.31. The molecular formula is C18H15Cl3N2O2S. The van der Waals surface area contributed by atoms with Gasteiger partial charge in [-0.05, 0) is 37.6 Å². The molecule has 0 spiro atoms. The molecule has 0 saturated heterocycles. The van der Waals surface area contributed by atoms with Crippen molar-refractivity contribution in [3.05, 3.63) is 90.0 Å². The van der Waals surface area contributed by atoms with Crippen molar-refractivity contribution < 1.29 is 4.92 Å². The van der Waals surface area contributed by atoms with Crippen LogP contribution in [-0.4, -0.2) is 4.92 Å². The second-order valence-corrected chi connectivity index (χ2v) is 7.78. The number of benzene rings is 2. The fourth-order valence-electron chi connectivity index (χ4n) is 2.17. The molecule has 0 aliphatic heterocycles. The van der Waals surface area contributed by atoms with Gasteiger partial charge in [-0.15, -0.1) is 0 Å². The number of anilines is 1. The topological polar surface area (TPSA) is 55.2 Å². The van der Waals surface area contributed by atoms with E-state index in [1.54, 1.807) is 0 Å². The van der Waals surface area contributed by atoms with Crippen molar-refractivity contribution in [1.29, 1.82) is 0 Å². The zero-order chi connectivity index (χ0) is 19.3. The third-order valence-electron chi connectivity index (χ3n) is 3.36. The molecule has 0 saturated carbocycles. The van der Waals surface area contributed by atoms with Crippen LogP contribution in [0, 0.1) is 24.0 Å². The SMILES string of the molecule is Cc1ccc(N/C(Sc2ccccc2)=C(\C(Cl)=C(Cl)Cl)[N+](=O)[O-])c(C)c1. The fourth-order valence-corrected chi connectivity index (χ4v) is 3.53. The van der Waals surface area contributed by atoms with Crippen LogP contribution in [0.15, 0.2) is 73.7 Å². The van der Waals surface area contributed by atoms with Gasteiger partial charge in [0.15, 0.2) is 10.1 Å². The molecule has 0 radical (unpaired) electrons. The van der Waals surface area contributed by atoms with Gasteiger partial charge in [-0.25, -0.2) is 0 Å². The number of allylic oxidation sites excluding steroid dienone is 1. The van der Waals surface area contributed by atoms with E-state index in [9.17, 15) is 10.1 Å². The minimum absolute atomic E-state index is 0.219.